The molecule has 19 heteroatoms. The number of hydrogen-bond acceptors (Lipinski definition) is 14. The number of carbonyl (C=O) groups is 7. The smallest absolute Gasteiger partial charge is 0.294 e. The maximum absolute atomic E-state index is 14.7. The number of aromatic nitrogens is 1. The molecule has 0 spiro atoms. The summed E-state index contributed by atoms with van der Waals surface area (Å²) in [6.45, 7) is 2.70. The van der Waals surface area contributed by atoms with E-state index in [0.29, 0.717) is 55.5 Å². The van der Waals surface area contributed by atoms with Gasteiger partial charge in [-0.1, -0.05) is 84.9 Å². The summed E-state index contributed by atoms with van der Waals surface area (Å²) in [6.07, 6.45) is 4.58. The van der Waals surface area contributed by atoms with Crippen LogP contribution in [0.5, 0.6) is 0 Å². The van der Waals surface area contributed by atoms with Crippen LogP contribution in [0.2, 0.25) is 0 Å². The van der Waals surface area contributed by atoms with E-state index in [1.54, 1.807) is 79.0 Å². The van der Waals surface area contributed by atoms with Gasteiger partial charge in [-0.15, -0.1) is 0 Å². The Morgan fingerprint density at radius 2 is 1.32 bits per heavy atom. The number of nitrogens with zero attached hydrogens (tertiary/aromatic N) is 3. The lowest BCUT2D eigenvalue weighted by molar-refractivity contribution is -0.136. The summed E-state index contributed by atoms with van der Waals surface area (Å²) in [5.74, 6) is -3.96. The molecule has 0 saturated carbocycles. The van der Waals surface area contributed by atoms with Crippen LogP contribution in [0.4, 0.5) is 11.4 Å². The minimum absolute atomic E-state index is 0.0133. The molecule has 3 atom stereocenters. The molecule has 6 aromatic rings. The highest BCUT2D eigenvalue weighted by molar-refractivity contribution is 6.25. The van der Waals surface area contributed by atoms with Gasteiger partial charge in [0.05, 0.1) is 70.2 Å². The van der Waals surface area contributed by atoms with Crippen LogP contribution in [0.25, 0.3) is 11.1 Å². The fourth-order valence-corrected chi connectivity index (χ4v) is 8.50. The zero-order valence-corrected chi connectivity index (χ0v) is 40.3. The van der Waals surface area contributed by atoms with Crippen LogP contribution in [0.15, 0.2) is 150 Å². The number of fused-ring (bicyclic) bond motifs is 1. The molecule has 19 nitrogen and oxygen atoms in total. The summed E-state index contributed by atoms with van der Waals surface area (Å²) in [6, 6.07) is 33.7. The molecular weight excluding hydrogens is 951 g/mol. The van der Waals surface area contributed by atoms with Gasteiger partial charge in [-0.3, -0.25) is 53.7 Å². The van der Waals surface area contributed by atoms with Crippen LogP contribution in [0.3, 0.4) is 0 Å². The van der Waals surface area contributed by atoms with Gasteiger partial charge in [0.2, 0.25) is 23.6 Å². The van der Waals surface area contributed by atoms with Crippen molar-refractivity contribution in [2.75, 3.05) is 76.2 Å². The number of piperidine rings is 1. The number of imide groups is 2. The lowest BCUT2D eigenvalue weighted by atomic mass is 10.0. The van der Waals surface area contributed by atoms with E-state index in [1.165, 1.54) is 29.5 Å². The fourth-order valence-electron chi connectivity index (χ4n) is 8.50. The molecule has 4 heterocycles. The Morgan fingerprint density at radius 3 is 1.97 bits per heavy atom. The van der Waals surface area contributed by atoms with Gasteiger partial charge in [-0.2, -0.15) is 0 Å². The van der Waals surface area contributed by atoms with Crippen molar-refractivity contribution >= 4 is 52.7 Å². The van der Waals surface area contributed by atoms with Gasteiger partial charge >= 0.3 is 0 Å². The highest BCUT2D eigenvalue weighted by Gasteiger charge is 2.45. The molecule has 8 rings (SSSR count). The maximum atomic E-state index is 14.7. The lowest BCUT2D eigenvalue weighted by Gasteiger charge is -2.32. The van der Waals surface area contributed by atoms with Crippen LogP contribution in [-0.2, 0) is 38.1 Å². The first-order valence-corrected chi connectivity index (χ1v) is 24.1. The first-order valence-electron chi connectivity index (χ1n) is 24.1. The summed E-state index contributed by atoms with van der Waals surface area (Å²) in [4.78, 5) is 99.9. The van der Waals surface area contributed by atoms with Crippen LogP contribution in [0, 0.1) is 0 Å². The summed E-state index contributed by atoms with van der Waals surface area (Å²) in [5, 5.41) is 11.1. The van der Waals surface area contributed by atoms with Crippen molar-refractivity contribution in [1.82, 2.24) is 25.8 Å². The third kappa shape index (κ3) is 13.0. The van der Waals surface area contributed by atoms with E-state index in [1.807, 2.05) is 42.5 Å². The van der Waals surface area contributed by atoms with Crippen molar-refractivity contribution in [2.24, 2.45) is 0 Å². The van der Waals surface area contributed by atoms with Crippen LogP contribution in [-0.4, -0.2) is 123 Å². The molecule has 2 aliphatic rings. The second-order valence-electron chi connectivity index (χ2n) is 16.9. The van der Waals surface area contributed by atoms with Crippen LogP contribution < -0.4 is 26.2 Å². The van der Waals surface area contributed by atoms with Crippen molar-refractivity contribution in [3.8, 4) is 11.1 Å². The van der Waals surface area contributed by atoms with Crippen LogP contribution >= 0.6 is 0 Å². The molecular formula is C55H55N7O12. The number of furan rings is 1. The van der Waals surface area contributed by atoms with E-state index in [-0.39, 0.29) is 62.7 Å². The van der Waals surface area contributed by atoms with Gasteiger partial charge in [-0.05, 0) is 65.6 Å². The van der Waals surface area contributed by atoms with Crippen molar-refractivity contribution in [1.29, 1.82) is 0 Å². The first-order chi connectivity index (χ1) is 36.2. The van der Waals surface area contributed by atoms with E-state index >= 15 is 0 Å². The average Bonchev–Trinajstić information content (AvgIpc) is 4.06. The Bertz CT molecular complexity index is 2870. The summed E-state index contributed by atoms with van der Waals surface area (Å²) < 4.78 is 28.1. The molecule has 1 saturated heterocycles. The van der Waals surface area contributed by atoms with E-state index < -0.39 is 59.5 Å². The number of nitrogens with one attached hydrogen (secondary N) is 4. The van der Waals surface area contributed by atoms with Crippen molar-refractivity contribution in [2.45, 2.75) is 31.0 Å². The molecule has 2 aliphatic heterocycles. The lowest BCUT2D eigenvalue weighted by Crippen LogP contribution is -2.54. The third-order valence-corrected chi connectivity index (χ3v) is 12.1. The second-order valence-corrected chi connectivity index (χ2v) is 16.9. The number of carbonyl (C=O) groups excluding carboxylic acids is 7. The Kier molecular flexibility index (Phi) is 18.2. The Hall–Kier alpha value is -8.36. The highest BCUT2D eigenvalue weighted by atomic mass is 16.6. The van der Waals surface area contributed by atoms with E-state index in [2.05, 4.69) is 26.3 Å². The zero-order chi connectivity index (χ0) is 51.7. The monoisotopic (exact) mass is 1010 g/mol. The Morgan fingerprint density at radius 1 is 0.676 bits per heavy atom. The van der Waals surface area contributed by atoms with Crippen molar-refractivity contribution < 1.29 is 56.9 Å². The molecule has 382 valence electrons. The largest absolute Gasteiger partial charge is 0.459 e. The third-order valence-electron chi connectivity index (χ3n) is 12.1. The predicted octanol–water partition coefficient (Wildman–Crippen LogP) is 5.28. The fraction of sp³-hybridized carbons (Fsp3) is 0.273. The standard InChI is InChI=1S/C55H55N7O12/c63-46-23-22-44(50(64)59-46)62-53(67)42-15-7-16-43(47(42)55(62)69)57-25-28-70-30-32-72-34-35-73-33-31-71-29-26-58-51(65)48(39-12-5-2-6-13-39)60-52(66)49(40-14-8-24-56-36-40)61(54(68)45-17-9-27-74-45)41-20-18-38(19-21-41)37-10-3-1-4-11-37/h1-21,24,27,36,44,48-49,57H,22-23,25-26,28-35H2,(H,58,65)(H,60,66)(H,59,63,64)/t44-,48?,49?/m0/s1. The molecule has 0 bridgehead atoms. The topological polar surface area (TPSA) is 237 Å². The van der Waals surface area contributed by atoms with Crippen LogP contribution in [0.1, 0.15) is 67.3 Å². The molecule has 4 N–H and O–H groups in total. The number of pyridine rings is 1. The van der Waals surface area contributed by atoms with Crippen molar-refractivity contribution in [3.05, 3.63) is 174 Å². The van der Waals surface area contributed by atoms with Crippen molar-refractivity contribution in [3.63, 3.8) is 0 Å². The molecule has 2 aromatic heterocycles. The SMILES string of the molecule is O=C1CC[C@H](N2C(=O)c3cccc(NCCOCCOCCOCCOCCNC(=O)C(NC(=O)C(c4cccnc4)N(C(=O)c4ccco4)c4ccc(-c5ccccc5)cc4)c4ccccc4)c3C2=O)C(=O)N1. The van der Waals surface area contributed by atoms with E-state index in [9.17, 15) is 33.6 Å². The number of benzene rings is 4. The molecule has 2 unspecified atom stereocenters. The molecule has 4 aromatic carbocycles. The van der Waals surface area contributed by atoms with Gasteiger partial charge in [0.25, 0.3) is 17.7 Å². The zero-order valence-electron chi connectivity index (χ0n) is 40.3. The maximum Gasteiger partial charge on any atom is 0.294 e. The molecule has 7 amide bonds. The minimum Gasteiger partial charge on any atom is -0.459 e. The summed E-state index contributed by atoms with van der Waals surface area (Å²) in [5.41, 5.74) is 4.04. The quantitative estimate of drug-likeness (QED) is 0.0400. The molecule has 0 aliphatic carbocycles. The number of anilines is 2. The average molecular weight is 1010 g/mol. The number of amides is 7. The summed E-state index contributed by atoms with van der Waals surface area (Å²) in [7, 11) is 0. The summed E-state index contributed by atoms with van der Waals surface area (Å²) >= 11 is 0. The van der Waals surface area contributed by atoms with E-state index in [0.717, 1.165) is 16.0 Å². The van der Waals surface area contributed by atoms with Gasteiger partial charge in [0.15, 0.2) is 5.76 Å². The number of ether oxygens (including phenoxy) is 4. The minimum atomic E-state index is -1.28. The number of hydrogen-bond donors (Lipinski definition) is 4. The second kappa shape index (κ2) is 25.8. The normalized spacial score (nSPS) is 15.0. The van der Waals surface area contributed by atoms with E-state index in [4.69, 9.17) is 23.4 Å². The molecule has 1 fully saturated rings. The van der Waals surface area contributed by atoms with Gasteiger partial charge in [0, 0.05) is 48.8 Å². The van der Waals surface area contributed by atoms with Gasteiger partial charge in [0.1, 0.15) is 18.1 Å². The van der Waals surface area contributed by atoms with Gasteiger partial charge in [-0.25, -0.2) is 0 Å². The Balaban J connectivity index is 0.755. The first kappa shape index (κ1) is 52.0. The molecule has 74 heavy (non-hydrogen) atoms. The molecule has 0 radical (unpaired) electrons. The van der Waals surface area contributed by atoms with Gasteiger partial charge < -0.3 is 39.3 Å². The number of rotatable bonds is 26. The predicted molar refractivity (Wildman–Crippen MR) is 270 cm³/mol. The highest BCUT2D eigenvalue weighted by Crippen LogP contribution is 2.34. The Labute approximate surface area is 426 Å².